The Morgan fingerprint density at radius 2 is 2.15 bits per heavy atom. The first-order valence-electron chi connectivity index (χ1n) is 3.46. The lowest BCUT2D eigenvalue weighted by Crippen LogP contribution is -2.03. The summed E-state index contributed by atoms with van der Waals surface area (Å²) >= 11 is 0. The van der Waals surface area contributed by atoms with Crippen molar-refractivity contribution in [2.75, 3.05) is 0 Å². The molecule has 0 aliphatic rings. The van der Waals surface area contributed by atoms with Crippen LogP contribution in [0, 0.1) is 0 Å². The van der Waals surface area contributed by atoms with Gasteiger partial charge in [-0.15, -0.1) is 0 Å². The number of pyridine rings is 1. The van der Waals surface area contributed by atoms with Crippen LogP contribution >= 0.6 is 0 Å². The lowest BCUT2D eigenvalue weighted by atomic mass is 10.3. The largest absolute Gasteiger partial charge is 0.478 e. The topological polar surface area (TPSA) is 76.5 Å². The minimum Gasteiger partial charge on any atom is -0.478 e. The average molecular weight is 181 g/mol. The van der Waals surface area contributed by atoms with Crippen LogP contribution in [0.4, 0.5) is 0 Å². The molecule has 0 aliphatic heterocycles. The number of hydrogen-bond donors (Lipinski definition) is 1. The first-order valence-corrected chi connectivity index (χ1v) is 3.46. The average Bonchev–Trinajstić information content (AvgIpc) is 2.03. The first-order chi connectivity index (χ1) is 6.09. The molecule has 0 saturated heterocycles. The zero-order chi connectivity index (χ0) is 9.84. The molecular weight excluding hydrogens is 174 g/mol. The van der Waals surface area contributed by atoms with Crippen LogP contribution in [0.3, 0.4) is 0 Å². The van der Waals surface area contributed by atoms with E-state index in [4.69, 9.17) is 5.11 Å². The Bertz CT molecular complexity index is 348. The summed E-state index contributed by atoms with van der Waals surface area (Å²) in [5, 5.41) is 8.56. The molecule has 13 heavy (non-hydrogen) atoms. The summed E-state index contributed by atoms with van der Waals surface area (Å²) < 4.78 is 4.64. The third kappa shape index (κ3) is 2.55. The zero-order valence-electron chi connectivity index (χ0n) is 6.85. The summed E-state index contributed by atoms with van der Waals surface area (Å²) in [6, 6.07) is 1.23. The number of nitrogens with zero attached hydrogens (tertiary/aromatic N) is 1. The molecule has 68 valence electrons. The smallest absolute Gasteiger partial charge is 0.337 e. The maximum Gasteiger partial charge on any atom is 0.337 e. The quantitative estimate of drug-likeness (QED) is 0.679. The summed E-state index contributed by atoms with van der Waals surface area (Å²) in [5.41, 5.74) is -0.0150. The van der Waals surface area contributed by atoms with Crippen molar-refractivity contribution < 1.29 is 19.4 Å². The predicted octanol–water partition coefficient (Wildman–Crippen LogP) is 0.705. The molecule has 1 aromatic heterocycles. The predicted molar refractivity (Wildman–Crippen MR) is 42.5 cm³/mol. The van der Waals surface area contributed by atoms with Gasteiger partial charge in [-0.05, 0) is 6.07 Å². The van der Waals surface area contributed by atoms with E-state index in [9.17, 15) is 9.59 Å². The Kier molecular flexibility index (Phi) is 2.59. The van der Waals surface area contributed by atoms with Gasteiger partial charge in [0.15, 0.2) is 0 Å². The monoisotopic (exact) mass is 181 g/mol. The van der Waals surface area contributed by atoms with E-state index in [1.54, 1.807) is 0 Å². The minimum absolute atomic E-state index is 0.0150. The fourth-order valence-corrected chi connectivity index (χ4v) is 0.758. The molecule has 0 aliphatic carbocycles. The SMILES string of the molecule is CC(=O)Oc1cncc(C(=O)O)c1. The van der Waals surface area contributed by atoms with Gasteiger partial charge in [-0.3, -0.25) is 9.78 Å². The van der Waals surface area contributed by atoms with Gasteiger partial charge in [-0.1, -0.05) is 0 Å². The molecule has 5 heteroatoms. The molecule has 0 bridgehead atoms. The third-order valence-corrected chi connectivity index (χ3v) is 1.22. The highest BCUT2D eigenvalue weighted by Gasteiger charge is 2.05. The molecule has 0 spiro atoms. The number of rotatable bonds is 2. The molecule has 0 amide bonds. The molecule has 1 N–H and O–H groups in total. The number of aromatic nitrogens is 1. The molecular formula is C8H7NO4. The Hall–Kier alpha value is -1.91. The second-order valence-corrected chi connectivity index (χ2v) is 2.31. The second-order valence-electron chi connectivity index (χ2n) is 2.31. The van der Waals surface area contributed by atoms with Gasteiger partial charge < -0.3 is 9.84 Å². The van der Waals surface area contributed by atoms with Crippen LogP contribution in [0.1, 0.15) is 17.3 Å². The number of ether oxygens (including phenoxy) is 1. The van der Waals surface area contributed by atoms with Crippen molar-refractivity contribution >= 4 is 11.9 Å². The van der Waals surface area contributed by atoms with Gasteiger partial charge in [-0.25, -0.2) is 4.79 Å². The maximum absolute atomic E-state index is 10.5. The number of carboxylic acids is 1. The third-order valence-electron chi connectivity index (χ3n) is 1.22. The lowest BCUT2D eigenvalue weighted by Gasteiger charge is -2.00. The fraction of sp³-hybridized carbons (Fsp3) is 0.125. The van der Waals surface area contributed by atoms with Gasteiger partial charge in [0.05, 0.1) is 11.8 Å². The van der Waals surface area contributed by atoms with E-state index in [0.717, 1.165) is 0 Å². The number of aromatic carboxylic acids is 1. The minimum atomic E-state index is -1.11. The summed E-state index contributed by atoms with van der Waals surface area (Å²) in [6.45, 7) is 1.23. The summed E-state index contributed by atoms with van der Waals surface area (Å²) in [4.78, 5) is 24.6. The van der Waals surface area contributed by atoms with Gasteiger partial charge in [0.25, 0.3) is 0 Å². The van der Waals surface area contributed by atoms with Crippen LogP contribution in [0.2, 0.25) is 0 Å². The van der Waals surface area contributed by atoms with Crippen LogP contribution in [0.15, 0.2) is 18.5 Å². The van der Waals surface area contributed by atoms with E-state index in [1.165, 1.54) is 25.4 Å². The first kappa shape index (κ1) is 9.18. The molecule has 0 saturated carbocycles. The maximum atomic E-state index is 10.5. The molecule has 0 unspecified atom stereocenters. The molecule has 5 nitrogen and oxygen atoms in total. The van der Waals surface area contributed by atoms with Crippen LogP contribution in [0.25, 0.3) is 0 Å². The Morgan fingerprint density at radius 1 is 1.46 bits per heavy atom. The second kappa shape index (κ2) is 3.66. The van der Waals surface area contributed by atoms with Gasteiger partial charge in [0.1, 0.15) is 5.75 Å². The number of esters is 1. The number of carboxylic acid groups (broad SMARTS) is 1. The number of carbonyl (C=O) groups is 2. The summed E-state index contributed by atoms with van der Waals surface area (Å²) in [7, 11) is 0. The van der Waals surface area contributed by atoms with Gasteiger partial charge in [0.2, 0.25) is 0 Å². The molecule has 0 aromatic carbocycles. The highest BCUT2D eigenvalue weighted by Crippen LogP contribution is 2.10. The van der Waals surface area contributed by atoms with Crippen molar-refractivity contribution in [3.63, 3.8) is 0 Å². The van der Waals surface area contributed by atoms with Gasteiger partial charge in [-0.2, -0.15) is 0 Å². The van der Waals surface area contributed by atoms with Crippen LogP contribution in [-0.2, 0) is 4.79 Å². The van der Waals surface area contributed by atoms with E-state index in [2.05, 4.69) is 9.72 Å². The van der Waals surface area contributed by atoms with Crippen molar-refractivity contribution in [1.82, 2.24) is 4.98 Å². The Labute approximate surface area is 74.0 Å². The van der Waals surface area contributed by atoms with E-state index < -0.39 is 11.9 Å². The van der Waals surface area contributed by atoms with E-state index in [-0.39, 0.29) is 11.3 Å². The molecule has 0 fully saturated rings. The lowest BCUT2D eigenvalue weighted by molar-refractivity contribution is -0.131. The van der Waals surface area contributed by atoms with Crippen molar-refractivity contribution in [2.45, 2.75) is 6.92 Å². The van der Waals surface area contributed by atoms with Crippen LogP contribution < -0.4 is 4.74 Å². The van der Waals surface area contributed by atoms with Crippen molar-refractivity contribution in [1.29, 1.82) is 0 Å². The molecule has 1 heterocycles. The summed E-state index contributed by atoms with van der Waals surface area (Å²) in [5.74, 6) is -1.49. The number of carbonyl (C=O) groups excluding carboxylic acids is 1. The molecule has 1 rings (SSSR count). The van der Waals surface area contributed by atoms with E-state index in [1.807, 2.05) is 0 Å². The Morgan fingerprint density at radius 3 is 2.69 bits per heavy atom. The fourth-order valence-electron chi connectivity index (χ4n) is 0.758. The van der Waals surface area contributed by atoms with Crippen molar-refractivity contribution in [3.8, 4) is 5.75 Å². The molecule has 0 atom stereocenters. The highest BCUT2D eigenvalue weighted by atomic mass is 16.5. The zero-order valence-corrected chi connectivity index (χ0v) is 6.85. The number of hydrogen-bond acceptors (Lipinski definition) is 4. The van der Waals surface area contributed by atoms with Crippen molar-refractivity contribution in [2.24, 2.45) is 0 Å². The highest BCUT2D eigenvalue weighted by molar-refractivity contribution is 5.87. The summed E-state index contributed by atoms with van der Waals surface area (Å²) in [6.07, 6.45) is 2.45. The van der Waals surface area contributed by atoms with Crippen LogP contribution in [-0.4, -0.2) is 22.0 Å². The van der Waals surface area contributed by atoms with Crippen LogP contribution in [0.5, 0.6) is 5.75 Å². The molecule has 0 radical (unpaired) electrons. The van der Waals surface area contributed by atoms with Gasteiger partial charge >= 0.3 is 11.9 Å². The van der Waals surface area contributed by atoms with Gasteiger partial charge in [0, 0.05) is 13.1 Å². The van der Waals surface area contributed by atoms with Crippen molar-refractivity contribution in [3.05, 3.63) is 24.0 Å². The standard InChI is InChI=1S/C8H7NO4/c1-5(10)13-7-2-6(8(11)12)3-9-4-7/h2-4H,1H3,(H,11,12). The normalized spacial score (nSPS) is 9.31. The molecule has 1 aromatic rings. The Balaban J connectivity index is 2.91. The van der Waals surface area contributed by atoms with E-state index >= 15 is 0 Å². The van der Waals surface area contributed by atoms with E-state index in [0.29, 0.717) is 0 Å².